The molecular formula is C16H14N2O6S. The molecule has 0 saturated heterocycles. The first kappa shape index (κ1) is 16.8. The number of sulfonamides is 1. The van der Waals surface area contributed by atoms with E-state index in [2.05, 4.69) is 4.72 Å². The molecular weight excluding hydrogens is 348 g/mol. The van der Waals surface area contributed by atoms with E-state index in [9.17, 15) is 18.0 Å². The van der Waals surface area contributed by atoms with Gasteiger partial charge in [0.25, 0.3) is 15.9 Å². The molecule has 0 aromatic heterocycles. The zero-order chi connectivity index (χ0) is 18.2. The van der Waals surface area contributed by atoms with Crippen LogP contribution in [0.4, 0.5) is 11.4 Å². The molecule has 0 aliphatic carbocycles. The topological polar surface area (TPSA) is 113 Å². The number of aromatic carboxylic acids is 1. The van der Waals surface area contributed by atoms with Gasteiger partial charge in [-0.1, -0.05) is 12.1 Å². The molecule has 130 valence electrons. The van der Waals surface area contributed by atoms with E-state index in [0.717, 1.165) is 6.07 Å². The minimum absolute atomic E-state index is 0.139. The summed E-state index contributed by atoms with van der Waals surface area (Å²) in [5.74, 6) is -1.23. The monoisotopic (exact) mass is 362 g/mol. The number of carbonyl (C=O) groups is 2. The van der Waals surface area contributed by atoms with Crippen LogP contribution in [0.25, 0.3) is 0 Å². The first-order valence-corrected chi connectivity index (χ1v) is 8.66. The van der Waals surface area contributed by atoms with E-state index in [1.807, 2.05) is 0 Å². The lowest BCUT2D eigenvalue weighted by atomic mass is 10.2. The minimum atomic E-state index is -4.03. The minimum Gasteiger partial charge on any atom is -0.479 e. The summed E-state index contributed by atoms with van der Waals surface area (Å²) >= 11 is 0. The van der Waals surface area contributed by atoms with Crippen molar-refractivity contribution in [1.29, 1.82) is 0 Å². The maximum atomic E-state index is 12.6. The smallest absolute Gasteiger partial charge is 0.335 e. The zero-order valence-corrected chi connectivity index (χ0v) is 13.9. The highest BCUT2D eigenvalue weighted by atomic mass is 32.2. The van der Waals surface area contributed by atoms with Crippen molar-refractivity contribution in [2.24, 2.45) is 0 Å². The molecule has 2 aromatic carbocycles. The van der Waals surface area contributed by atoms with Crippen molar-refractivity contribution in [3.05, 3.63) is 48.0 Å². The van der Waals surface area contributed by atoms with Crippen molar-refractivity contribution in [1.82, 2.24) is 0 Å². The normalized spacial score (nSPS) is 13.8. The molecule has 2 aromatic rings. The van der Waals surface area contributed by atoms with E-state index >= 15 is 0 Å². The van der Waals surface area contributed by atoms with Gasteiger partial charge in [-0.15, -0.1) is 0 Å². The van der Waals surface area contributed by atoms with E-state index < -0.39 is 16.0 Å². The summed E-state index contributed by atoms with van der Waals surface area (Å²) in [6, 6.07) is 9.73. The molecule has 0 spiro atoms. The van der Waals surface area contributed by atoms with E-state index in [1.54, 1.807) is 19.2 Å². The summed E-state index contributed by atoms with van der Waals surface area (Å²) in [7, 11) is -2.46. The van der Waals surface area contributed by atoms with Crippen molar-refractivity contribution >= 4 is 33.3 Å². The summed E-state index contributed by atoms with van der Waals surface area (Å²) in [5, 5.41) is 9.00. The number of ether oxygens (including phenoxy) is 1. The molecule has 0 radical (unpaired) electrons. The fraction of sp³-hybridized carbons (Fsp3) is 0.125. The molecule has 1 amide bonds. The number of nitrogens with one attached hydrogen (secondary N) is 1. The molecule has 3 rings (SSSR count). The van der Waals surface area contributed by atoms with Crippen LogP contribution in [-0.2, 0) is 14.8 Å². The highest BCUT2D eigenvalue weighted by molar-refractivity contribution is 7.92. The summed E-state index contributed by atoms with van der Waals surface area (Å²) in [6.07, 6.45) is 0. The Bertz CT molecular complexity index is 970. The fourth-order valence-corrected chi connectivity index (χ4v) is 3.49. The van der Waals surface area contributed by atoms with Gasteiger partial charge in [0.05, 0.1) is 21.8 Å². The highest BCUT2D eigenvalue weighted by Gasteiger charge is 2.26. The van der Waals surface area contributed by atoms with Gasteiger partial charge < -0.3 is 14.7 Å². The number of nitrogens with zero attached hydrogens (tertiary/aromatic N) is 1. The largest absolute Gasteiger partial charge is 0.479 e. The molecule has 0 bridgehead atoms. The third-order valence-corrected chi connectivity index (χ3v) is 5.07. The lowest BCUT2D eigenvalue weighted by Crippen LogP contribution is -2.35. The Balaban J connectivity index is 1.99. The summed E-state index contributed by atoms with van der Waals surface area (Å²) in [6.45, 7) is -0.198. The third-order valence-electron chi connectivity index (χ3n) is 3.71. The quantitative estimate of drug-likeness (QED) is 0.853. The van der Waals surface area contributed by atoms with E-state index in [-0.39, 0.29) is 34.4 Å². The van der Waals surface area contributed by atoms with Crippen LogP contribution in [0.5, 0.6) is 5.75 Å². The van der Waals surface area contributed by atoms with Crippen LogP contribution < -0.4 is 14.4 Å². The molecule has 0 fully saturated rings. The van der Waals surface area contributed by atoms with Crippen molar-refractivity contribution in [3.8, 4) is 5.75 Å². The average molecular weight is 362 g/mol. The molecule has 1 heterocycles. The predicted octanol–water partition coefficient (Wildman–Crippen LogP) is 1.54. The van der Waals surface area contributed by atoms with Crippen LogP contribution >= 0.6 is 0 Å². The molecule has 1 aliphatic rings. The van der Waals surface area contributed by atoms with Crippen LogP contribution in [0, 0.1) is 0 Å². The summed E-state index contributed by atoms with van der Waals surface area (Å²) in [5.41, 5.74) is 0.466. The fourth-order valence-electron chi connectivity index (χ4n) is 2.39. The molecule has 0 unspecified atom stereocenters. The van der Waals surface area contributed by atoms with Crippen molar-refractivity contribution in [2.45, 2.75) is 4.90 Å². The van der Waals surface area contributed by atoms with Gasteiger partial charge in [-0.25, -0.2) is 13.2 Å². The number of likely N-dealkylation sites (N-methyl/N-ethyl adjacent to an activating group) is 1. The maximum absolute atomic E-state index is 12.6. The first-order chi connectivity index (χ1) is 11.8. The summed E-state index contributed by atoms with van der Waals surface area (Å²) in [4.78, 5) is 23.9. The Morgan fingerprint density at radius 3 is 2.68 bits per heavy atom. The van der Waals surface area contributed by atoms with Gasteiger partial charge in [-0.3, -0.25) is 9.52 Å². The molecule has 0 saturated carbocycles. The molecule has 25 heavy (non-hydrogen) atoms. The molecule has 2 N–H and O–H groups in total. The number of para-hydroxylation sites is 1. The first-order valence-electron chi connectivity index (χ1n) is 7.18. The number of carboxylic acids is 1. The zero-order valence-electron chi connectivity index (χ0n) is 13.1. The van der Waals surface area contributed by atoms with Crippen LogP contribution in [0.15, 0.2) is 47.4 Å². The number of amides is 1. The predicted molar refractivity (Wildman–Crippen MR) is 89.6 cm³/mol. The van der Waals surface area contributed by atoms with Gasteiger partial charge in [0.2, 0.25) is 0 Å². The number of carbonyl (C=O) groups excluding carboxylic acids is 1. The van der Waals surface area contributed by atoms with Gasteiger partial charge >= 0.3 is 5.97 Å². The Kier molecular flexibility index (Phi) is 4.09. The van der Waals surface area contributed by atoms with Crippen molar-refractivity contribution < 1.29 is 27.9 Å². The second-order valence-electron chi connectivity index (χ2n) is 5.33. The van der Waals surface area contributed by atoms with Gasteiger partial charge in [-0.2, -0.15) is 0 Å². The number of anilines is 2. The van der Waals surface area contributed by atoms with Crippen molar-refractivity contribution in [2.75, 3.05) is 23.3 Å². The Hall–Kier alpha value is -3.07. The second-order valence-corrected chi connectivity index (χ2v) is 7.02. The SMILES string of the molecule is CN1C(=O)COc2c(NS(=O)(=O)c3cccc(C(=O)O)c3)cccc21. The number of hydrogen-bond acceptors (Lipinski definition) is 5. The van der Waals surface area contributed by atoms with Crippen molar-refractivity contribution in [3.63, 3.8) is 0 Å². The molecule has 9 heteroatoms. The van der Waals surface area contributed by atoms with Crippen LogP contribution in [-0.4, -0.2) is 39.1 Å². The third kappa shape index (κ3) is 3.13. The van der Waals surface area contributed by atoms with E-state index in [1.165, 1.54) is 29.2 Å². The number of carboxylic acid groups (broad SMARTS) is 1. The Morgan fingerprint density at radius 1 is 1.24 bits per heavy atom. The van der Waals surface area contributed by atoms with Crippen LogP contribution in [0.3, 0.4) is 0 Å². The maximum Gasteiger partial charge on any atom is 0.335 e. The van der Waals surface area contributed by atoms with Gasteiger partial charge in [0, 0.05) is 7.05 Å². The second kappa shape index (κ2) is 6.10. The Labute approximate surface area is 143 Å². The van der Waals surface area contributed by atoms with Gasteiger partial charge in [0.1, 0.15) is 0 Å². The number of benzene rings is 2. The van der Waals surface area contributed by atoms with Crippen LogP contribution in [0.1, 0.15) is 10.4 Å². The van der Waals surface area contributed by atoms with Gasteiger partial charge in [0.15, 0.2) is 12.4 Å². The highest BCUT2D eigenvalue weighted by Crippen LogP contribution is 2.38. The molecule has 8 nitrogen and oxygen atoms in total. The molecule has 0 atom stereocenters. The lowest BCUT2D eigenvalue weighted by molar-refractivity contribution is -0.120. The number of rotatable bonds is 4. The standard InChI is InChI=1S/C16H14N2O6S/c1-18-13-7-3-6-12(15(13)24-9-14(18)19)17-25(22,23)11-5-2-4-10(8-11)16(20)21/h2-8,17H,9H2,1H3,(H,20,21). The number of hydrogen-bond donors (Lipinski definition) is 2. The average Bonchev–Trinajstić information content (AvgIpc) is 2.58. The molecule has 1 aliphatic heterocycles. The van der Waals surface area contributed by atoms with Crippen LogP contribution in [0.2, 0.25) is 0 Å². The van der Waals surface area contributed by atoms with E-state index in [4.69, 9.17) is 9.84 Å². The lowest BCUT2D eigenvalue weighted by Gasteiger charge is -2.27. The number of fused-ring (bicyclic) bond motifs is 1. The van der Waals surface area contributed by atoms with E-state index in [0.29, 0.717) is 5.69 Å². The Morgan fingerprint density at radius 2 is 1.96 bits per heavy atom. The summed E-state index contributed by atoms with van der Waals surface area (Å²) < 4.78 is 32.9. The van der Waals surface area contributed by atoms with Gasteiger partial charge in [-0.05, 0) is 30.3 Å².